The molecule has 3 aromatic rings. The fourth-order valence-electron chi connectivity index (χ4n) is 2.84. The third-order valence-corrected chi connectivity index (χ3v) is 7.42. The Kier molecular flexibility index (Phi) is 7.33. The number of halogens is 2. The summed E-state index contributed by atoms with van der Waals surface area (Å²) in [6.07, 6.45) is 2.82. The van der Waals surface area contributed by atoms with Gasteiger partial charge in [0.25, 0.3) is 0 Å². The molecule has 6 heteroatoms. The summed E-state index contributed by atoms with van der Waals surface area (Å²) in [4.78, 5) is 0. The molecular weight excluding hydrogens is 731 g/mol. The number of benzene rings is 2. The Morgan fingerprint density at radius 2 is 1.19 bits per heavy atom. The van der Waals surface area contributed by atoms with Crippen LogP contribution < -0.4 is 0 Å². The molecular formula is C20H21I2N3Pt. The second-order valence-corrected chi connectivity index (χ2v) is 11.2. The molecule has 26 heavy (non-hydrogen) atoms. The predicted molar refractivity (Wildman–Crippen MR) is 121 cm³/mol. The minimum absolute atomic E-state index is 0.909. The zero-order valence-corrected chi connectivity index (χ0v) is 21.3. The number of imidazole rings is 1. The van der Waals surface area contributed by atoms with Crippen LogP contribution >= 0.6 is 45.7 Å². The molecule has 0 aliphatic heterocycles. The van der Waals surface area contributed by atoms with Gasteiger partial charge < -0.3 is 0 Å². The molecule has 1 saturated carbocycles. The molecule has 1 aliphatic rings. The van der Waals surface area contributed by atoms with E-state index >= 15 is 0 Å². The standard InChI is InChI=1S/C17H16N2.C3H5I2N.Pt/c1-18-13-19(2)17(15-11-7-4-8-12-15)16(18)14-9-5-3-6-10-14;4-6(5)3-1-2-3;/h3-12H,1-2H3;3H,1-2H2;. The normalized spacial score (nSPS) is 13.5. The van der Waals surface area contributed by atoms with E-state index in [1.165, 1.54) is 39.2 Å². The Bertz CT molecular complexity index is 847. The molecule has 0 N–H and O–H groups in total. The van der Waals surface area contributed by atoms with Gasteiger partial charge in [0.15, 0.2) is 0 Å². The van der Waals surface area contributed by atoms with E-state index in [1.54, 1.807) is 0 Å². The Morgan fingerprint density at radius 1 is 0.808 bits per heavy atom. The number of rotatable bonds is 3. The Labute approximate surface area is 193 Å². The molecule has 0 unspecified atom stereocenters. The molecule has 0 atom stereocenters. The van der Waals surface area contributed by atoms with Gasteiger partial charge in [-0.25, -0.2) is 0 Å². The second-order valence-electron chi connectivity index (χ2n) is 6.28. The fraction of sp³-hybridized carbons (Fsp3) is 0.250. The van der Waals surface area contributed by atoms with Crippen LogP contribution in [0, 0.1) is 3.80 Å². The van der Waals surface area contributed by atoms with Crippen molar-refractivity contribution in [2.75, 3.05) is 0 Å². The third kappa shape index (κ3) is 4.78. The molecule has 2 aromatic carbocycles. The fourth-order valence-corrected chi connectivity index (χ4v) is 4.46. The molecule has 0 spiro atoms. The summed E-state index contributed by atoms with van der Waals surface area (Å²) < 4.78 is 7.93. The van der Waals surface area contributed by atoms with Crippen molar-refractivity contribution in [1.82, 2.24) is 10.5 Å². The average molecular weight is 752 g/mol. The molecule has 0 amide bonds. The van der Waals surface area contributed by atoms with Crippen molar-refractivity contribution in [2.24, 2.45) is 14.1 Å². The van der Waals surface area contributed by atoms with Gasteiger partial charge in [0, 0.05) is 51.8 Å². The summed E-state index contributed by atoms with van der Waals surface area (Å²) in [5.74, 6) is 0. The second kappa shape index (κ2) is 9.30. The minimum atomic E-state index is 0.909. The van der Waals surface area contributed by atoms with Crippen molar-refractivity contribution in [3.8, 4) is 22.5 Å². The molecule has 140 valence electrons. The van der Waals surface area contributed by atoms with Crippen LogP contribution in [0.4, 0.5) is 0 Å². The summed E-state index contributed by atoms with van der Waals surface area (Å²) in [6, 6.07) is 22.0. The van der Waals surface area contributed by atoms with E-state index in [1.807, 2.05) is 0 Å². The maximum Gasteiger partial charge on any atom is 0.0311 e. The molecule has 0 saturated heterocycles. The molecule has 0 radical (unpaired) electrons. The molecule has 1 fully saturated rings. The first-order valence-corrected chi connectivity index (χ1v) is 11.5. The van der Waals surface area contributed by atoms with Crippen LogP contribution in [-0.2, 0) is 33.4 Å². The smallest absolute Gasteiger partial charge is 0.0311 e. The number of hydrogen-bond acceptors (Lipinski definition) is 1. The van der Waals surface area contributed by atoms with Crippen molar-refractivity contribution in [3.05, 3.63) is 64.5 Å². The van der Waals surface area contributed by atoms with Crippen molar-refractivity contribution in [1.29, 1.82) is 0 Å². The van der Waals surface area contributed by atoms with Crippen molar-refractivity contribution >= 4 is 45.7 Å². The summed E-state index contributed by atoms with van der Waals surface area (Å²) in [6.45, 7) is 0. The average Bonchev–Trinajstić information content (AvgIpc) is 3.49. The largest absolute Gasteiger partial charge is 0.185 e. The molecule has 4 rings (SSSR count). The molecule has 1 aromatic heterocycles. The monoisotopic (exact) mass is 752 g/mol. The molecule has 1 aliphatic carbocycles. The van der Waals surface area contributed by atoms with E-state index in [2.05, 4.69) is 150 Å². The first-order chi connectivity index (χ1) is 12.5. The SMILES string of the molecule is Cn1c(-c2ccccc2)c(-c2ccccc2)n(C)[c]1=[Pt].IN(I)C1CC1. The number of aromatic nitrogens is 2. The predicted octanol–water partition coefficient (Wildman–Crippen LogP) is 5.93. The molecule has 1 heterocycles. The van der Waals surface area contributed by atoms with Crippen LogP contribution in [0.3, 0.4) is 0 Å². The summed E-state index contributed by atoms with van der Waals surface area (Å²) in [7, 11) is 4.24. The first-order valence-electron chi connectivity index (χ1n) is 8.43. The topological polar surface area (TPSA) is 13.1 Å². The quantitative estimate of drug-likeness (QED) is 0.239. The van der Waals surface area contributed by atoms with Gasteiger partial charge in [-0.2, -0.15) is 1.33 Å². The minimum Gasteiger partial charge on any atom is -0.185 e. The zero-order chi connectivity index (χ0) is 18.7. The van der Waals surface area contributed by atoms with Crippen LogP contribution in [0.25, 0.3) is 22.5 Å². The summed E-state index contributed by atoms with van der Waals surface area (Å²) in [5, 5.41) is 0. The summed E-state index contributed by atoms with van der Waals surface area (Å²) in [5.41, 5.74) is 4.99. The van der Waals surface area contributed by atoms with Crippen molar-refractivity contribution in [3.63, 3.8) is 0 Å². The number of nitrogens with zero attached hydrogens (tertiary/aromatic N) is 3. The zero-order valence-electron chi connectivity index (χ0n) is 14.7. The van der Waals surface area contributed by atoms with Crippen LogP contribution in [0.5, 0.6) is 0 Å². The Morgan fingerprint density at radius 3 is 1.46 bits per heavy atom. The van der Waals surface area contributed by atoms with Gasteiger partial charge in [-0.3, -0.25) is 0 Å². The van der Waals surface area contributed by atoms with Crippen LogP contribution in [0.1, 0.15) is 12.8 Å². The first kappa shape index (κ1) is 20.5. The van der Waals surface area contributed by atoms with Gasteiger partial charge in [-0.15, -0.1) is 0 Å². The van der Waals surface area contributed by atoms with Crippen molar-refractivity contribution < 1.29 is 19.4 Å². The number of hydrogen-bond donors (Lipinski definition) is 0. The van der Waals surface area contributed by atoms with E-state index in [4.69, 9.17) is 0 Å². The molecule has 3 nitrogen and oxygen atoms in total. The van der Waals surface area contributed by atoms with E-state index in [-0.39, 0.29) is 0 Å². The van der Waals surface area contributed by atoms with Crippen LogP contribution in [0.2, 0.25) is 0 Å². The Hall–Kier alpha value is -0.242. The third-order valence-electron chi connectivity index (χ3n) is 4.32. The summed E-state index contributed by atoms with van der Waals surface area (Å²) >= 11 is 7.01. The Balaban J connectivity index is 0.000000278. The van der Waals surface area contributed by atoms with Gasteiger partial charge in [0.1, 0.15) is 0 Å². The van der Waals surface area contributed by atoms with Gasteiger partial charge in [-0.1, -0.05) is 0 Å². The van der Waals surface area contributed by atoms with E-state index in [9.17, 15) is 0 Å². The molecule has 0 bridgehead atoms. The van der Waals surface area contributed by atoms with Crippen molar-refractivity contribution in [2.45, 2.75) is 18.9 Å². The van der Waals surface area contributed by atoms with Gasteiger partial charge in [0.05, 0.1) is 0 Å². The van der Waals surface area contributed by atoms with Gasteiger partial charge in [0.2, 0.25) is 0 Å². The van der Waals surface area contributed by atoms with Crippen LogP contribution in [0.15, 0.2) is 60.7 Å². The van der Waals surface area contributed by atoms with Crippen LogP contribution in [-0.4, -0.2) is 16.5 Å². The maximum absolute atomic E-state index is 2.38. The van der Waals surface area contributed by atoms with Gasteiger partial charge >= 0.3 is 130 Å². The van der Waals surface area contributed by atoms with Gasteiger partial charge in [-0.05, 0) is 12.8 Å². The van der Waals surface area contributed by atoms with E-state index in [0.29, 0.717) is 0 Å². The van der Waals surface area contributed by atoms with E-state index in [0.717, 1.165) is 6.04 Å². The maximum atomic E-state index is 2.38. The van der Waals surface area contributed by atoms with E-state index < -0.39 is 0 Å².